The molecule has 0 nitrogen and oxygen atoms in total. The van der Waals surface area contributed by atoms with E-state index in [4.69, 9.17) is 0 Å². The summed E-state index contributed by atoms with van der Waals surface area (Å²) in [6, 6.07) is 0. The molecule has 18 valence electrons. The molecule has 0 saturated carbocycles. The summed E-state index contributed by atoms with van der Waals surface area (Å²) < 4.78 is 0. The number of halogens is 2. The minimum absolute atomic E-state index is 0. The standard InChI is InChI=1S/2BrH.Li.Zn.H/h2*1H;;;/q;;;+2;/p-2. The first-order valence-electron chi connectivity index (χ1n) is 0. The maximum absolute atomic E-state index is 0. The molecular weight excluding hydrogens is 232 g/mol. The average molecular weight is 233 g/mol. The Morgan fingerprint density at radius 1 is 0.750 bits per heavy atom. The zero-order valence-corrected chi connectivity index (χ0v) is 7.60. The summed E-state index contributed by atoms with van der Waals surface area (Å²) in [5, 5.41) is 0. The van der Waals surface area contributed by atoms with Crippen LogP contribution in [0.15, 0.2) is 0 Å². The van der Waals surface area contributed by atoms with Gasteiger partial charge in [-0.05, 0) is 0 Å². The third-order valence-electron chi connectivity index (χ3n) is 0. The van der Waals surface area contributed by atoms with E-state index >= 15 is 0 Å². The second-order valence-corrected chi connectivity index (χ2v) is 0. The van der Waals surface area contributed by atoms with Crippen molar-refractivity contribution in [2.24, 2.45) is 0 Å². The maximum Gasteiger partial charge on any atom is 2.00 e. The first-order valence-corrected chi connectivity index (χ1v) is 0. The van der Waals surface area contributed by atoms with E-state index in [9.17, 15) is 0 Å². The molecule has 4 heavy (non-hydrogen) atoms. The predicted molar refractivity (Wildman–Crippen MR) is 7.15 cm³/mol. The molecule has 0 spiro atoms. The molecule has 0 unspecified atom stereocenters. The third-order valence-corrected chi connectivity index (χ3v) is 0. The zero-order valence-electron chi connectivity index (χ0n) is 1.46. The monoisotopic (exact) mass is 230 g/mol. The summed E-state index contributed by atoms with van der Waals surface area (Å²) >= 11 is 0. The van der Waals surface area contributed by atoms with Gasteiger partial charge in [-0.3, -0.25) is 0 Å². The van der Waals surface area contributed by atoms with Crippen molar-refractivity contribution in [3.05, 3.63) is 0 Å². The van der Waals surface area contributed by atoms with Crippen LogP contribution in [0, 0.1) is 0 Å². The molecular formula is HBr2LiZn. The molecule has 4 heteroatoms. The van der Waals surface area contributed by atoms with Gasteiger partial charge in [0, 0.05) is 0 Å². The van der Waals surface area contributed by atoms with E-state index in [1.807, 2.05) is 0 Å². The van der Waals surface area contributed by atoms with Gasteiger partial charge in [0.1, 0.15) is 0 Å². The topological polar surface area (TPSA) is 0 Å². The molecule has 0 fully saturated rings. The molecule has 0 atom stereocenters. The molecule has 0 amide bonds. The van der Waals surface area contributed by atoms with Gasteiger partial charge in [-0.25, -0.2) is 0 Å². The van der Waals surface area contributed by atoms with E-state index in [1.165, 1.54) is 0 Å². The van der Waals surface area contributed by atoms with Crippen LogP contribution in [0.5, 0.6) is 0 Å². The third kappa shape index (κ3) is 8.89. The summed E-state index contributed by atoms with van der Waals surface area (Å²) in [6.45, 7) is 0. The van der Waals surface area contributed by atoms with Crippen LogP contribution in [0.4, 0.5) is 0 Å². The largest absolute Gasteiger partial charge is 2.00 e. The van der Waals surface area contributed by atoms with Gasteiger partial charge in [0.2, 0.25) is 0 Å². The first kappa shape index (κ1) is 34.9. The van der Waals surface area contributed by atoms with Crippen molar-refractivity contribution < 1.29 is 53.4 Å². The Bertz CT molecular complexity index is 6.00. The van der Waals surface area contributed by atoms with Crippen LogP contribution in [0.25, 0.3) is 0 Å². The van der Waals surface area contributed by atoms with Crippen molar-refractivity contribution in [1.82, 2.24) is 0 Å². The van der Waals surface area contributed by atoms with Crippen molar-refractivity contribution in [1.29, 1.82) is 0 Å². The van der Waals surface area contributed by atoms with Crippen LogP contribution in [-0.4, -0.2) is 18.9 Å². The summed E-state index contributed by atoms with van der Waals surface area (Å²) in [4.78, 5) is 0. The molecule has 0 radical (unpaired) electrons. The molecule has 0 aliphatic carbocycles. The zero-order chi connectivity index (χ0) is 0. The van der Waals surface area contributed by atoms with E-state index in [-0.39, 0.29) is 72.3 Å². The van der Waals surface area contributed by atoms with Gasteiger partial charge in [-0.2, -0.15) is 0 Å². The SMILES string of the molecule is [Br-].[Br-].[LiH].[Zn+2]. The molecule has 0 rings (SSSR count). The van der Waals surface area contributed by atoms with Crippen LogP contribution < -0.4 is 34.0 Å². The second-order valence-electron chi connectivity index (χ2n) is 0. The van der Waals surface area contributed by atoms with Gasteiger partial charge in [0.05, 0.1) is 0 Å². The summed E-state index contributed by atoms with van der Waals surface area (Å²) in [5.74, 6) is 0. The van der Waals surface area contributed by atoms with Crippen molar-refractivity contribution in [3.8, 4) is 0 Å². The quantitative estimate of drug-likeness (QED) is 0.365. The van der Waals surface area contributed by atoms with Gasteiger partial charge >= 0.3 is 38.3 Å². The maximum atomic E-state index is 0. The van der Waals surface area contributed by atoms with Crippen molar-refractivity contribution >= 4 is 18.9 Å². The molecule has 0 bridgehead atoms. The molecule has 0 aliphatic rings. The molecule has 0 aromatic rings. The van der Waals surface area contributed by atoms with Gasteiger partial charge < -0.3 is 34.0 Å². The molecule has 0 heterocycles. The van der Waals surface area contributed by atoms with Crippen LogP contribution in [-0.2, 0) is 19.5 Å². The average Bonchev–Trinajstić information content (AvgIpc) is 0. The Morgan fingerprint density at radius 2 is 0.750 bits per heavy atom. The van der Waals surface area contributed by atoms with E-state index in [0.717, 1.165) is 0 Å². The Morgan fingerprint density at radius 3 is 0.750 bits per heavy atom. The first-order chi connectivity index (χ1) is 0. The van der Waals surface area contributed by atoms with Gasteiger partial charge in [-0.1, -0.05) is 0 Å². The fraction of sp³-hybridized carbons (Fsp3) is 0. The Hall–Kier alpha value is 2.18. The summed E-state index contributed by atoms with van der Waals surface area (Å²) in [6.07, 6.45) is 0. The minimum atomic E-state index is 0. The normalized spacial score (nSPS) is 0. The van der Waals surface area contributed by atoms with Gasteiger partial charge in [-0.15, -0.1) is 0 Å². The number of rotatable bonds is 0. The predicted octanol–water partition coefficient (Wildman–Crippen LogP) is -6.64. The van der Waals surface area contributed by atoms with Crippen LogP contribution >= 0.6 is 0 Å². The molecule has 0 saturated heterocycles. The molecule has 0 aromatic carbocycles. The second kappa shape index (κ2) is 19.0. The van der Waals surface area contributed by atoms with Crippen LogP contribution in [0.1, 0.15) is 0 Å². The molecule has 0 aromatic heterocycles. The summed E-state index contributed by atoms with van der Waals surface area (Å²) in [5.41, 5.74) is 0. The molecule has 0 N–H and O–H groups in total. The smallest absolute Gasteiger partial charge is 2.00 e. The number of hydrogen-bond acceptors (Lipinski definition) is 0. The van der Waals surface area contributed by atoms with Crippen LogP contribution in [0.3, 0.4) is 0 Å². The van der Waals surface area contributed by atoms with Crippen molar-refractivity contribution in [2.75, 3.05) is 0 Å². The Balaban J connectivity index is 0. The molecule has 0 aliphatic heterocycles. The van der Waals surface area contributed by atoms with Gasteiger partial charge in [0.25, 0.3) is 0 Å². The van der Waals surface area contributed by atoms with Crippen molar-refractivity contribution in [3.63, 3.8) is 0 Å². The van der Waals surface area contributed by atoms with E-state index in [1.54, 1.807) is 0 Å². The van der Waals surface area contributed by atoms with Crippen molar-refractivity contribution in [2.45, 2.75) is 0 Å². The minimum Gasteiger partial charge on any atom is 2.00 e. The van der Waals surface area contributed by atoms with E-state index < -0.39 is 0 Å². The van der Waals surface area contributed by atoms with Crippen LogP contribution in [0.2, 0.25) is 0 Å². The summed E-state index contributed by atoms with van der Waals surface area (Å²) in [7, 11) is 0. The fourth-order valence-electron chi connectivity index (χ4n) is 0. The number of hydrogen-bond donors (Lipinski definition) is 0. The van der Waals surface area contributed by atoms with E-state index in [2.05, 4.69) is 0 Å². The van der Waals surface area contributed by atoms with Gasteiger partial charge in [0.15, 0.2) is 0 Å². The Kier molecular flexibility index (Phi) is 166. The fourth-order valence-corrected chi connectivity index (χ4v) is 0. The van der Waals surface area contributed by atoms with E-state index in [0.29, 0.717) is 0 Å². The Labute approximate surface area is 71.6 Å².